The first-order chi connectivity index (χ1) is 8.60. The van der Waals surface area contributed by atoms with Crippen molar-refractivity contribution in [3.8, 4) is 0 Å². The molecule has 0 radical (unpaired) electrons. The number of carbonyl (C=O) groups excluding carboxylic acids is 2. The van der Waals surface area contributed by atoms with E-state index >= 15 is 0 Å². The molecule has 1 aromatic carbocycles. The Balaban J connectivity index is 2.80. The Bertz CT molecular complexity index is 446. The molecule has 18 heavy (non-hydrogen) atoms. The lowest BCUT2D eigenvalue weighted by molar-refractivity contribution is -0.120. The maximum atomic E-state index is 11.5. The van der Waals surface area contributed by atoms with E-state index in [0.29, 0.717) is 29.9 Å². The van der Waals surface area contributed by atoms with Crippen LogP contribution in [0.4, 0.5) is 11.4 Å². The summed E-state index contributed by atoms with van der Waals surface area (Å²) in [5.41, 5.74) is 7.08. The van der Waals surface area contributed by atoms with Gasteiger partial charge in [-0.15, -0.1) is 0 Å². The van der Waals surface area contributed by atoms with Crippen LogP contribution in [0.25, 0.3) is 0 Å². The molecular formula is C12H17N3O3. The number of benzene rings is 1. The van der Waals surface area contributed by atoms with Gasteiger partial charge < -0.3 is 21.1 Å². The normalized spacial score (nSPS) is 9.67. The van der Waals surface area contributed by atoms with Crippen LogP contribution in [0.2, 0.25) is 0 Å². The summed E-state index contributed by atoms with van der Waals surface area (Å²) < 4.78 is 4.67. The lowest BCUT2D eigenvalue weighted by Crippen LogP contribution is -2.21. The van der Waals surface area contributed by atoms with Gasteiger partial charge in [0.05, 0.1) is 24.0 Å². The van der Waals surface area contributed by atoms with Crippen molar-refractivity contribution < 1.29 is 14.3 Å². The third-order valence-corrected chi connectivity index (χ3v) is 2.43. The number of para-hydroxylation sites is 1. The molecule has 1 rings (SSSR count). The quantitative estimate of drug-likeness (QED) is 0.526. The number of methoxy groups -OCH3 is 1. The molecule has 4 N–H and O–H groups in total. The van der Waals surface area contributed by atoms with Gasteiger partial charge >= 0.3 is 5.97 Å². The van der Waals surface area contributed by atoms with E-state index in [2.05, 4.69) is 15.4 Å². The van der Waals surface area contributed by atoms with Gasteiger partial charge in [-0.2, -0.15) is 0 Å². The van der Waals surface area contributed by atoms with E-state index in [4.69, 9.17) is 5.73 Å². The fourth-order valence-electron chi connectivity index (χ4n) is 1.47. The molecule has 1 amide bonds. The highest BCUT2D eigenvalue weighted by Crippen LogP contribution is 2.24. The van der Waals surface area contributed by atoms with Crippen molar-refractivity contribution >= 4 is 23.3 Å². The van der Waals surface area contributed by atoms with Crippen molar-refractivity contribution in [1.29, 1.82) is 0 Å². The lowest BCUT2D eigenvalue weighted by atomic mass is 10.1. The van der Waals surface area contributed by atoms with Gasteiger partial charge in [0.15, 0.2) is 0 Å². The number of carbonyl (C=O) groups is 2. The van der Waals surface area contributed by atoms with Gasteiger partial charge in [0.25, 0.3) is 0 Å². The number of hydrogen-bond acceptors (Lipinski definition) is 5. The van der Waals surface area contributed by atoms with Gasteiger partial charge in [-0.1, -0.05) is 6.07 Å². The molecule has 0 aliphatic rings. The first-order valence-corrected chi connectivity index (χ1v) is 5.51. The number of nitrogens with one attached hydrogen (secondary N) is 2. The van der Waals surface area contributed by atoms with Crippen molar-refractivity contribution in [2.45, 2.75) is 6.42 Å². The highest BCUT2D eigenvalue weighted by atomic mass is 16.5. The van der Waals surface area contributed by atoms with Crippen LogP contribution in [0.15, 0.2) is 18.2 Å². The van der Waals surface area contributed by atoms with E-state index in [-0.39, 0.29) is 5.91 Å². The number of nitrogen functional groups attached to an aromatic ring is 1. The molecule has 0 aromatic heterocycles. The van der Waals surface area contributed by atoms with Crippen LogP contribution in [0.5, 0.6) is 0 Å². The van der Waals surface area contributed by atoms with E-state index in [1.165, 1.54) is 7.11 Å². The van der Waals surface area contributed by atoms with Gasteiger partial charge in [-0.3, -0.25) is 4.79 Å². The summed E-state index contributed by atoms with van der Waals surface area (Å²) in [6.07, 6.45) is 0.297. The van der Waals surface area contributed by atoms with Gasteiger partial charge in [0.1, 0.15) is 0 Å². The molecule has 0 heterocycles. The smallest absolute Gasteiger partial charge is 0.340 e. The molecule has 0 fully saturated rings. The van der Waals surface area contributed by atoms with Crippen molar-refractivity contribution in [3.63, 3.8) is 0 Å². The SMILES string of the molecule is CNC(=O)CCNc1c(N)cccc1C(=O)OC. The molecular weight excluding hydrogens is 234 g/mol. The van der Waals surface area contributed by atoms with Crippen LogP contribution >= 0.6 is 0 Å². The van der Waals surface area contributed by atoms with Crippen LogP contribution in [-0.4, -0.2) is 32.6 Å². The zero-order valence-corrected chi connectivity index (χ0v) is 10.4. The molecule has 6 heteroatoms. The average Bonchev–Trinajstić information content (AvgIpc) is 2.39. The minimum Gasteiger partial charge on any atom is -0.465 e. The summed E-state index contributed by atoms with van der Waals surface area (Å²) in [7, 11) is 2.87. The predicted octanol–water partition coefficient (Wildman–Crippen LogP) is 0.603. The standard InChI is InChI=1S/C12H17N3O3/c1-14-10(16)6-7-15-11-8(12(17)18-2)4-3-5-9(11)13/h3-5,15H,6-7,13H2,1-2H3,(H,14,16). The minimum atomic E-state index is -0.468. The minimum absolute atomic E-state index is 0.0865. The van der Waals surface area contributed by atoms with Gasteiger partial charge in [0, 0.05) is 20.0 Å². The Morgan fingerprint density at radius 1 is 1.39 bits per heavy atom. The van der Waals surface area contributed by atoms with E-state index < -0.39 is 5.97 Å². The Morgan fingerprint density at radius 2 is 2.11 bits per heavy atom. The monoisotopic (exact) mass is 251 g/mol. The largest absolute Gasteiger partial charge is 0.465 e. The second-order valence-electron chi connectivity index (χ2n) is 3.61. The van der Waals surface area contributed by atoms with Crippen LogP contribution in [-0.2, 0) is 9.53 Å². The van der Waals surface area contributed by atoms with E-state index in [9.17, 15) is 9.59 Å². The third-order valence-electron chi connectivity index (χ3n) is 2.43. The van der Waals surface area contributed by atoms with E-state index in [1.807, 2.05) is 0 Å². The number of hydrogen-bond donors (Lipinski definition) is 3. The van der Waals surface area contributed by atoms with Crippen LogP contribution in [0.3, 0.4) is 0 Å². The van der Waals surface area contributed by atoms with Gasteiger partial charge in [-0.05, 0) is 12.1 Å². The summed E-state index contributed by atoms with van der Waals surface area (Å²) in [4.78, 5) is 22.6. The van der Waals surface area contributed by atoms with Gasteiger partial charge in [0.2, 0.25) is 5.91 Å². The van der Waals surface area contributed by atoms with E-state index in [0.717, 1.165) is 0 Å². The molecule has 0 atom stereocenters. The third kappa shape index (κ3) is 3.38. The van der Waals surface area contributed by atoms with Crippen LogP contribution < -0.4 is 16.4 Å². The number of amides is 1. The second kappa shape index (κ2) is 6.48. The zero-order chi connectivity index (χ0) is 13.5. The average molecular weight is 251 g/mol. The Morgan fingerprint density at radius 3 is 2.72 bits per heavy atom. The molecule has 0 saturated carbocycles. The molecule has 98 valence electrons. The second-order valence-corrected chi connectivity index (χ2v) is 3.61. The highest BCUT2D eigenvalue weighted by Gasteiger charge is 2.13. The van der Waals surface area contributed by atoms with Gasteiger partial charge in [-0.25, -0.2) is 4.79 Å². The molecule has 0 bridgehead atoms. The fraction of sp³-hybridized carbons (Fsp3) is 0.333. The summed E-state index contributed by atoms with van der Waals surface area (Å²) in [5, 5.41) is 5.49. The Hall–Kier alpha value is -2.24. The number of esters is 1. The van der Waals surface area contributed by atoms with Crippen molar-refractivity contribution in [2.24, 2.45) is 0 Å². The number of ether oxygens (including phenoxy) is 1. The first kappa shape index (κ1) is 13.8. The maximum absolute atomic E-state index is 11.5. The molecule has 1 aromatic rings. The summed E-state index contributed by atoms with van der Waals surface area (Å²) in [6, 6.07) is 4.96. The topological polar surface area (TPSA) is 93.5 Å². The number of rotatable bonds is 5. The number of anilines is 2. The maximum Gasteiger partial charge on any atom is 0.340 e. The summed E-state index contributed by atoms with van der Waals surface area (Å²) >= 11 is 0. The molecule has 0 unspecified atom stereocenters. The van der Waals surface area contributed by atoms with E-state index in [1.54, 1.807) is 25.2 Å². The summed E-state index contributed by atoms with van der Waals surface area (Å²) in [5.74, 6) is -0.554. The number of nitrogens with two attached hydrogens (primary N) is 1. The molecule has 0 spiro atoms. The predicted molar refractivity (Wildman–Crippen MR) is 69.4 cm³/mol. The van der Waals surface area contributed by atoms with Crippen molar-refractivity contribution in [2.75, 3.05) is 31.8 Å². The Labute approximate surface area is 105 Å². The molecule has 0 saturated heterocycles. The molecule has 0 aliphatic heterocycles. The summed E-state index contributed by atoms with van der Waals surface area (Å²) in [6.45, 7) is 0.387. The first-order valence-electron chi connectivity index (χ1n) is 5.51. The molecule has 6 nitrogen and oxygen atoms in total. The zero-order valence-electron chi connectivity index (χ0n) is 10.4. The lowest BCUT2D eigenvalue weighted by Gasteiger charge is -2.12. The van der Waals surface area contributed by atoms with Crippen molar-refractivity contribution in [3.05, 3.63) is 23.8 Å². The Kier molecular flexibility index (Phi) is 4.98. The van der Waals surface area contributed by atoms with Crippen molar-refractivity contribution in [1.82, 2.24) is 5.32 Å². The molecule has 0 aliphatic carbocycles. The fourth-order valence-corrected chi connectivity index (χ4v) is 1.47. The van der Waals surface area contributed by atoms with Crippen LogP contribution in [0.1, 0.15) is 16.8 Å². The highest BCUT2D eigenvalue weighted by molar-refractivity contribution is 5.98. The van der Waals surface area contributed by atoms with Crippen LogP contribution in [0, 0.1) is 0 Å².